The van der Waals surface area contributed by atoms with Gasteiger partial charge in [0.1, 0.15) is 18.3 Å². The molecule has 0 radical (unpaired) electrons. The van der Waals surface area contributed by atoms with E-state index in [4.69, 9.17) is 14.2 Å². The van der Waals surface area contributed by atoms with Crippen LogP contribution < -0.4 is 0 Å². The molecule has 3 rings (SSSR count). The fraction of sp³-hybridized carbons (Fsp3) is 0.763. The van der Waals surface area contributed by atoms with Crippen LogP contribution in [0.5, 0.6) is 0 Å². The van der Waals surface area contributed by atoms with E-state index in [0.717, 1.165) is 38.5 Å². The lowest BCUT2D eigenvalue weighted by Gasteiger charge is -2.51. The van der Waals surface area contributed by atoms with E-state index in [1.807, 2.05) is 6.92 Å². The Bertz CT molecular complexity index is 1030. The highest BCUT2D eigenvalue weighted by Crippen LogP contribution is 2.41. The number of allylic oxidation sites excluding steroid dienone is 4. The van der Waals surface area contributed by atoms with Crippen molar-refractivity contribution in [3.8, 4) is 0 Å². The van der Waals surface area contributed by atoms with E-state index in [1.54, 1.807) is 25.2 Å². The summed E-state index contributed by atoms with van der Waals surface area (Å²) in [5, 5.41) is 56.3. The summed E-state index contributed by atoms with van der Waals surface area (Å²) in [6, 6.07) is 0. The third kappa shape index (κ3) is 12.2. The van der Waals surface area contributed by atoms with Gasteiger partial charge in [0.2, 0.25) is 0 Å². The highest BCUT2D eigenvalue weighted by Gasteiger charge is 2.56. The van der Waals surface area contributed by atoms with Crippen molar-refractivity contribution >= 4 is 5.97 Å². The second-order valence-corrected chi connectivity index (χ2v) is 14.1. The largest absolute Gasteiger partial charge is 0.459 e. The fourth-order valence-electron chi connectivity index (χ4n) is 7.16. The molecule has 0 aromatic rings. The lowest BCUT2D eigenvalue weighted by Crippen LogP contribution is -2.65. The van der Waals surface area contributed by atoms with Crippen LogP contribution >= 0.6 is 0 Å². The number of carbonyl (C=O) groups is 1. The Hall–Kier alpha value is -1.85. The van der Waals surface area contributed by atoms with Crippen LogP contribution in [0.4, 0.5) is 0 Å². The number of aliphatic hydroxyl groups is 5. The first-order valence-corrected chi connectivity index (χ1v) is 18.0. The summed E-state index contributed by atoms with van der Waals surface area (Å²) < 4.78 is 18.4. The van der Waals surface area contributed by atoms with Crippen molar-refractivity contribution < 1.29 is 44.5 Å². The SMILES string of the molecule is C=C/C=C/[C@@H](O)CC(=C)C[C@H]1O[C@@H]2[C@H](C)[C@@H](OC(=O)CCCCCCCCCC/C=C/CCC[C@H]3O[C@](O)(C[C@H](O)[C@H]3C)[C@H]2O)[C@@H]1O. The average Bonchev–Trinajstić information content (AvgIpc) is 3.02. The van der Waals surface area contributed by atoms with Gasteiger partial charge in [-0.2, -0.15) is 0 Å². The number of hydrogen-bond donors (Lipinski definition) is 5. The second kappa shape index (κ2) is 20.0. The second-order valence-electron chi connectivity index (χ2n) is 14.1. The van der Waals surface area contributed by atoms with Crippen LogP contribution in [0.15, 0.2) is 49.1 Å². The third-order valence-corrected chi connectivity index (χ3v) is 10.2. The summed E-state index contributed by atoms with van der Waals surface area (Å²) in [5.74, 6) is -3.52. The minimum atomic E-state index is -2.12. The van der Waals surface area contributed by atoms with E-state index in [9.17, 15) is 30.3 Å². The lowest BCUT2D eigenvalue weighted by molar-refractivity contribution is -0.350. The molecule has 0 aliphatic carbocycles. The Balaban J connectivity index is 1.83. The molecule has 268 valence electrons. The molecule has 9 heteroatoms. The van der Waals surface area contributed by atoms with Crippen molar-refractivity contribution in [1.82, 2.24) is 0 Å². The Morgan fingerprint density at radius 1 is 0.979 bits per heavy atom. The van der Waals surface area contributed by atoms with Crippen LogP contribution in [0.25, 0.3) is 0 Å². The zero-order valence-corrected chi connectivity index (χ0v) is 28.8. The third-order valence-electron chi connectivity index (χ3n) is 10.2. The first kappa shape index (κ1) is 39.6. The van der Waals surface area contributed by atoms with Crippen LogP contribution in [0.1, 0.15) is 117 Å². The Labute approximate surface area is 282 Å². The number of carbonyl (C=O) groups excluding carboxylic acids is 1. The van der Waals surface area contributed by atoms with Crippen LogP contribution in [-0.4, -0.2) is 86.1 Å². The molecule has 4 bridgehead atoms. The maximum atomic E-state index is 13.0. The number of hydrogen-bond acceptors (Lipinski definition) is 9. The number of rotatable bonds is 6. The molecular weight excluding hydrogens is 600 g/mol. The molecule has 0 aromatic carbocycles. The van der Waals surface area contributed by atoms with Crippen LogP contribution in [0.2, 0.25) is 0 Å². The Morgan fingerprint density at radius 3 is 2.30 bits per heavy atom. The molecular formula is C38H62O9. The van der Waals surface area contributed by atoms with Gasteiger partial charge in [-0.1, -0.05) is 101 Å². The molecule has 0 unspecified atom stereocenters. The molecule has 5 N–H and O–H groups in total. The zero-order valence-electron chi connectivity index (χ0n) is 28.8. The van der Waals surface area contributed by atoms with E-state index in [1.165, 1.54) is 25.7 Å². The molecule has 2 fully saturated rings. The number of esters is 1. The van der Waals surface area contributed by atoms with Crippen molar-refractivity contribution in [1.29, 1.82) is 0 Å². The Morgan fingerprint density at radius 2 is 1.62 bits per heavy atom. The summed E-state index contributed by atoms with van der Waals surface area (Å²) in [5.41, 5.74) is 0.591. The lowest BCUT2D eigenvalue weighted by atomic mass is 9.78. The molecule has 9 nitrogen and oxygen atoms in total. The van der Waals surface area contributed by atoms with Gasteiger partial charge in [0.15, 0.2) is 5.79 Å². The van der Waals surface area contributed by atoms with E-state index in [2.05, 4.69) is 25.3 Å². The van der Waals surface area contributed by atoms with Gasteiger partial charge in [-0.05, 0) is 51.4 Å². The van der Waals surface area contributed by atoms with Crippen molar-refractivity contribution in [3.05, 3.63) is 49.1 Å². The van der Waals surface area contributed by atoms with Crippen molar-refractivity contribution in [3.63, 3.8) is 0 Å². The standard InChI is InChI=1S/C38H62O9/c1-5-6-20-29(39)23-26(2)24-32-34(42)35-28(4)36(45-32)37(43)38(44)25-30(40)27(3)31(47-38)21-18-16-14-12-10-8-7-9-11-13-15-17-19-22-33(41)46-35/h5-6,12,14,20,27-32,34-37,39-40,42-44H,1-2,7-11,13,15-19,21-25H2,3-4H3/b14-12+,20-6+/t27-,28-,29-,30+,31-,32-,34-,35-,36-,37+,38-/m1/s1. The first-order valence-electron chi connectivity index (χ1n) is 18.0. The summed E-state index contributed by atoms with van der Waals surface area (Å²) >= 11 is 0. The van der Waals surface area contributed by atoms with Crippen LogP contribution in [0.3, 0.4) is 0 Å². The van der Waals surface area contributed by atoms with Gasteiger partial charge in [0, 0.05) is 24.7 Å². The summed E-state index contributed by atoms with van der Waals surface area (Å²) in [6.45, 7) is 11.3. The molecule has 3 aliphatic heterocycles. The monoisotopic (exact) mass is 662 g/mol. The highest BCUT2D eigenvalue weighted by atomic mass is 16.7. The van der Waals surface area contributed by atoms with Gasteiger partial charge in [0.05, 0.1) is 30.5 Å². The summed E-state index contributed by atoms with van der Waals surface area (Å²) in [6.07, 6.45) is 13.3. The van der Waals surface area contributed by atoms with Gasteiger partial charge >= 0.3 is 5.97 Å². The van der Waals surface area contributed by atoms with E-state index >= 15 is 0 Å². The number of fused-ring (bicyclic) bond motifs is 4. The van der Waals surface area contributed by atoms with E-state index < -0.39 is 66.5 Å². The molecule has 0 spiro atoms. The summed E-state index contributed by atoms with van der Waals surface area (Å²) in [7, 11) is 0. The van der Waals surface area contributed by atoms with Gasteiger partial charge < -0.3 is 39.7 Å². The minimum absolute atomic E-state index is 0.124. The highest BCUT2D eigenvalue weighted by molar-refractivity contribution is 5.69. The number of aliphatic hydroxyl groups excluding tert-OH is 4. The van der Waals surface area contributed by atoms with Gasteiger partial charge in [0.25, 0.3) is 0 Å². The molecule has 3 aliphatic rings. The zero-order chi connectivity index (χ0) is 34.4. The molecule has 0 aromatic heterocycles. The topological polar surface area (TPSA) is 146 Å². The predicted molar refractivity (Wildman–Crippen MR) is 182 cm³/mol. The minimum Gasteiger partial charge on any atom is -0.459 e. The maximum absolute atomic E-state index is 13.0. The molecule has 47 heavy (non-hydrogen) atoms. The van der Waals surface area contributed by atoms with Crippen molar-refractivity contribution in [2.75, 3.05) is 0 Å². The van der Waals surface area contributed by atoms with Gasteiger partial charge in [-0.3, -0.25) is 4.79 Å². The van der Waals surface area contributed by atoms with Crippen LogP contribution in [0, 0.1) is 11.8 Å². The van der Waals surface area contributed by atoms with Crippen molar-refractivity contribution in [2.45, 2.75) is 171 Å². The van der Waals surface area contributed by atoms with E-state index in [0.29, 0.717) is 18.4 Å². The van der Waals surface area contributed by atoms with E-state index in [-0.39, 0.29) is 31.6 Å². The molecule has 3 heterocycles. The summed E-state index contributed by atoms with van der Waals surface area (Å²) in [4.78, 5) is 13.0. The van der Waals surface area contributed by atoms with Crippen LogP contribution in [-0.2, 0) is 19.0 Å². The van der Waals surface area contributed by atoms with Gasteiger partial charge in [-0.15, -0.1) is 0 Å². The first-order chi connectivity index (χ1) is 22.5. The van der Waals surface area contributed by atoms with Crippen molar-refractivity contribution in [2.24, 2.45) is 11.8 Å². The Kier molecular flexibility index (Phi) is 16.8. The molecule has 0 amide bonds. The fourth-order valence-corrected chi connectivity index (χ4v) is 7.16. The normalized spacial score (nSPS) is 38.9. The maximum Gasteiger partial charge on any atom is 0.306 e. The van der Waals surface area contributed by atoms with Gasteiger partial charge in [-0.25, -0.2) is 0 Å². The average molecular weight is 663 g/mol. The molecule has 0 saturated carbocycles. The number of ether oxygens (including phenoxy) is 3. The predicted octanol–water partition coefficient (Wildman–Crippen LogP) is 5.58. The quantitative estimate of drug-likeness (QED) is 0.140. The molecule has 2 saturated heterocycles. The molecule has 11 atom stereocenters. The smallest absolute Gasteiger partial charge is 0.306 e.